The van der Waals surface area contributed by atoms with Crippen LogP contribution in [0.5, 0.6) is 0 Å². The maximum Gasteiger partial charge on any atom is 0.123 e. The highest BCUT2D eigenvalue weighted by Crippen LogP contribution is 2.23. The maximum absolute atomic E-state index is 10.3. The van der Waals surface area contributed by atoms with E-state index in [1.807, 2.05) is 87.5 Å². The average molecular weight is 611 g/mol. The van der Waals surface area contributed by atoms with Crippen LogP contribution in [0.2, 0.25) is 0 Å². The molecule has 5 rings (SSSR count). The van der Waals surface area contributed by atoms with Crippen LogP contribution in [0.4, 0.5) is 0 Å². The summed E-state index contributed by atoms with van der Waals surface area (Å²) in [5.74, 6) is 1.56. The van der Waals surface area contributed by atoms with Crippen LogP contribution in [0.1, 0.15) is 49.9 Å². The topological polar surface area (TPSA) is 70.1 Å². The zero-order valence-electron chi connectivity index (χ0n) is 27.7. The van der Waals surface area contributed by atoms with Gasteiger partial charge in [0.05, 0.1) is 12.7 Å². The zero-order valence-corrected chi connectivity index (χ0v) is 27.7. The highest BCUT2D eigenvalue weighted by Gasteiger charge is 2.29. The van der Waals surface area contributed by atoms with Crippen molar-refractivity contribution in [1.82, 2.24) is 0 Å². The largest absolute Gasteiger partial charge is 0.396 e. The van der Waals surface area contributed by atoms with E-state index in [1.54, 1.807) is 0 Å². The second kappa shape index (κ2) is 22.9. The summed E-state index contributed by atoms with van der Waals surface area (Å²) in [6, 6.07) is 41.1. The number of epoxide rings is 1. The number of aldehydes is 1. The van der Waals surface area contributed by atoms with E-state index < -0.39 is 0 Å². The number of ether oxygens (including phenoxy) is 1. The molecule has 0 bridgehead atoms. The van der Waals surface area contributed by atoms with Gasteiger partial charge < -0.3 is 19.7 Å². The third-order valence-electron chi connectivity index (χ3n) is 7.50. The molecule has 1 saturated heterocycles. The quantitative estimate of drug-likeness (QED) is 0.126. The van der Waals surface area contributed by atoms with Crippen LogP contribution in [0, 0.1) is 23.7 Å². The second-order valence-corrected chi connectivity index (χ2v) is 12.3. The van der Waals surface area contributed by atoms with Gasteiger partial charge >= 0.3 is 0 Å². The molecule has 1 heterocycles. The monoisotopic (exact) mass is 610 g/mol. The van der Waals surface area contributed by atoms with Crippen LogP contribution >= 0.6 is 0 Å². The van der Waals surface area contributed by atoms with Gasteiger partial charge in [-0.2, -0.15) is 0 Å². The molecule has 1 fully saturated rings. The van der Waals surface area contributed by atoms with E-state index in [-0.39, 0.29) is 19.1 Å². The summed E-state index contributed by atoms with van der Waals surface area (Å²) in [6.07, 6.45) is 5.46. The van der Waals surface area contributed by atoms with E-state index in [9.17, 15) is 4.79 Å². The van der Waals surface area contributed by atoms with Crippen LogP contribution in [0.15, 0.2) is 121 Å². The Balaban J connectivity index is 0.000000209. The molecule has 0 radical (unpaired) electrons. The number of rotatable bonds is 12. The number of hydrogen-bond acceptors (Lipinski definition) is 4. The minimum absolute atomic E-state index is 0.136. The molecule has 242 valence electrons. The van der Waals surface area contributed by atoms with Crippen molar-refractivity contribution in [1.29, 1.82) is 0 Å². The Morgan fingerprint density at radius 2 is 0.889 bits per heavy atom. The van der Waals surface area contributed by atoms with Crippen LogP contribution in [-0.4, -0.2) is 42.4 Å². The predicted octanol–water partition coefficient (Wildman–Crippen LogP) is 8.04. The molecule has 5 atom stereocenters. The minimum atomic E-state index is 0.136. The predicted molar refractivity (Wildman–Crippen MR) is 187 cm³/mol. The fourth-order valence-electron chi connectivity index (χ4n) is 4.70. The van der Waals surface area contributed by atoms with E-state index in [0.29, 0.717) is 23.9 Å². The summed E-state index contributed by atoms with van der Waals surface area (Å²) in [5.41, 5.74) is 5.25. The molecule has 0 aromatic heterocycles. The van der Waals surface area contributed by atoms with Gasteiger partial charge in [0.2, 0.25) is 0 Å². The van der Waals surface area contributed by atoms with E-state index in [1.165, 1.54) is 22.3 Å². The standard InChI is InChI=1S/C11H14O.2C10H14O.C10H12O/c1-9(11-8-12-11)7-10-5-3-2-4-6-10;3*1-9(8-11)7-10-5-3-2-4-6-10/h2-6,9,11H,7-8H2,1H3;2*2-6,9,11H,7-8H2,1H3;2-6,8-9H,7H2,1H3/t9-,11+;3*9-/m0000/s1. The fraction of sp³-hybridized carbons (Fsp3) is 0.390. The van der Waals surface area contributed by atoms with Gasteiger partial charge in [-0.1, -0.05) is 149 Å². The first-order valence-corrected chi connectivity index (χ1v) is 16.3. The summed E-state index contributed by atoms with van der Waals surface area (Å²) in [4.78, 5) is 10.3. The van der Waals surface area contributed by atoms with Gasteiger partial charge in [0.1, 0.15) is 6.29 Å². The molecule has 4 nitrogen and oxygen atoms in total. The summed E-state index contributed by atoms with van der Waals surface area (Å²) < 4.78 is 5.24. The van der Waals surface area contributed by atoms with E-state index in [0.717, 1.165) is 38.6 Å². The van der Waals surface area contributed by atoms with Crippen molar-refractivity contribution >= 4 is 6.29 Å². The summed E-state index contributed by atoms with van der Waals surface area (Å²) in [6.45, 7) is 9.79. The Bertz CT molecular complexity index is 1200. The van der Waals surface area contributed by atoms with Crippen molar-refractivity contribution in [3.05, 3.63) is 144 Å². The molecule has 1 aliphatic rings. The van der Waals surface area contributed by atoms with Crippen molar-refractivity contribution in [2.75, 3.05) is 19.8 Å². The lowest BCUT2D eigenvalue weighted by Gasteiger charge is -2.06. The van der Waals surface area contributed by atoms with E-state index in [2.05, 4.69) is 61.5 Å². The van der Waals surface area contributed by atoms with Crippen LogP contribution < -0.4 is 0 Å². The van der Waals surface area contributed by atoms with Gasteiger partial charge in [0.25, 0.3) is 0 Å². The lowest BCUT2D eigenvalue weighted by Crippen LogP contribution is -2.06. The minimum Gasteiger partial charge on any atom is -0.396 e. The Hall–Kier alpha value is -3.57. The normalized spacial score (nSPS) is 15.6. The summed E-state index contributed by atoms with van der Waals surface area (Å²) >= 11 is 0. The molecular formula is C41H54O4. The Kier molecular flexibility index (Phi) is 19.1. The summed E-state index contributed by atoms with van der Waals surface area (Å²) in [5, 5.41) is 17.6. The Morgan fingerprint density at radius 1 is 0.578 bits per heavy atom. The van der Waals surface area contributed by atoms with Crippen LogP contribution in [0.25, 0.3) is 0 Å². The lowest BCUT2D eigenvalue weighted by molar-refractivity contribution is -0.110. The van der Waals surface area contributed by atoms with Crippen molar-refractivity contribution in [3.63, 3.8) is 0 Å². The molecule has 0 aliphatic carbocycles. The highest BCUT2D eigenvalue weighted by atomic mass is 16.6. The highest BCUT2D eigenvalue weighted by molar-refractivity contribution is 5.53. The number of benzene rings is 4. The molecule has 0 amide bonds. The molecule has 4 heteroatoms. The molecule has 45 heavy (non-hydrogen) atoms. The SMILES string of the molecule is C[C@@H](Cc1ccccc1)[C@H]1CO1.C[C@H](C=O)Cc1ccccc1.C[C@H](CO)Cc1ccccc1.C[C@H](CO)Cc1ccccc1. The number of carbonyl (C=O) groups excluding carboxylic acids is 1. The Labute approximate surface area is 272 Å². The molecule has 0 spiro atoms. The first-order valence-electron chi connectivity index (χ1n) is 16.3. The molecule has 4 aromatic carbocycles. The van der Waals surface area contributed by atoms with Gasteiger partial charge in [-0.05, 0) is 65.7 Å². The van der Waals surface area contributed by atoms with Crippen LogP contribution in [0.3, 0.4) is 0 Å². The fourth-order valence-corrected chi connectivity index (χ4v) is 4.70. The molecule has 0 unspecified atom stereocenters. The van der Waals surface area contributed by atoms with Gasteiger partial charge in [-0.15, -0.1) is 0 Å². The molecule has 4 aromatic rings. The van der Waals surface area contributed by atoms with Crippen molar-refractivity contribution in [2.24, 2.45) is 23.7 Å². The van der Waals surface area contributed by atoms with Crippen molar-refractivity contribution in [3.8, 4) is 0 Å². The van der Waals surface area contributed by atoms with Gasteiger partial charge in [0, 0.05) is 19.1 Å². The second-order valence-electron chi connectivity index (χ2n) is 12.3. The van der Waals surface area contributed by atoms with Crippen molar-refractivity contribution in [2.45, 2.75) is 59.5 Å². The first kappa shape index (κ1) is 37.6. The molecule has 0 saturated carbocycles. The number of aliphatic hydroxyl groups excluding tert-OH is 2. The van der Waals surface area contributed by atoms with E-state index in [4.69, 9.17) is 14.9 Å². The van der Waals surface area contributed by atoms with Gasteiger partial charge in [-0.25, -0.2) is 0 Å². The first-order chi connectivity index (χ1) is 21.8. The summed E-state index contributed by atoms with van der Waals surface area (Å²) in [7, 11) is 0. The van der Waals surface area contributed by atoms with Crippen molar-refractivity contribution < 1.29 is 19.7 Å². The molecular weight excluding hydrogens is 556 g/mol. The van der Waals surface area contributed by atoms with E-state index >= 15 is 0 Å². The zero-order chi connectivity index (χ0) is 32.7. The molecule has 1 aliphatic heterocycles. The van der Waals surface area contributed by atoms with Gasteiger partial charge in [0.15, 0.2) is 0 Å². The number of carbonyl (C=O) groups is 1. The number of hydrogen-bond donors (Lipinski definition) is 2. The third kappa shape index (κ3) is 18.1. The van der Waals surface area contributed by atoms with Crippen LogP contribution in [-0.2, 0) is 35.2 Å². The average Bonchev–Trinajstić information content (AvgIpc) is 3.94. The van der Waals surface area contributed by atoms with Gasteiger partial charge in [-0.3, -0.25) is 0 Å². The molecule has 2 N–H and O–H groups in total. The maximum atomic E-state index is 10.3. The lowest BCUT2D eigenvalue weighted by atomic mass is 9.99. The Morgan fingerprint density at radius 3 is 1.18 bits per heavy atom. The number of aliphatic hydroxyl groups is 2. The third-order valence-corrected chi connectivity index (χ3v) is 7.50. The smallest absolute Gasteiger partial charge is 0.123 e.